The third kappa shape index (κ3) is 5.61. The van der Waals surface area contributed by atoms with Gasteiger partial charge in [-0.1, -0.05) is 60.4 Å². The minimum Gasteiger partial charge on any atom is -0.493 e. The SMILES string of the molecule is COc1cc2c(cc1OC)[C@@H]1CCCC[C@@H]1N=C2c1ccc(N(S(=O)(=O)c2ccc(C)cc2)S(=O)(=O)c2ccc(C)cc2)cc1. The van der Waals surface area contributed by atoms with E-state index in [4.69, 9.17) is 14.5 Å². The van der Waals surface area contributed by atoms with Gasteiger partial charge < -0.3 is 9.47 Å². The highest BCUT2D eigenvalue weighted by molar-refractivity contribution is 8.10. The molecule has 1 saturated carbocycles. The molecule has 0 radical (unpaired) electrons. The predicted molar refractivity (Wildman–Crippen MR) is 176 cm³/mol. The average Bonchev–Trinajstić information content (AvgIpc) is 3.04. The molecule has 4 aromatic rings. The quantitative estimate of drug-likeness (QED) is 0.210. The number of nitrogens with zero attached hydrogens (tertiary/aromatic N) is 2. The Morgan fingerprint density at radius 2 is 1.20 bits per heavy atom. The molecule has 1 aliphatic heterocycles. The Labute approximate surface area is 265 Å². The lowest BCUT2D eigenvalue weighted by Gasteiger charge is -2.36. The highest BCUT2D eigenvalue weighted by Gasteiger charge is 2.38. The summed E-state index contributed by atoms with van der Waals surface area (Å²) in [6.07, 6.45) is 4.24. The van der Waals surface area contributed by atoms with Crippen molar-refractivity contribution in [2.45, 2.75) is 61.3 Å². The van der Waals surface area contributed by atoms with Crippen molar-refractivity contribution in [2.24, 2.45) is 4.99 Å². The Kier molecular flexibility index (Phi) is 8.22. The number of aryl methyl sites for hydroxylation is 2. The normalized spacial score (nSPS) is 17.9. The van der Waals surface area contributed by atoms with E-state index in [0.717, 1.165) is 59.2 Å². The zero-order valence-electron chi connectivity index (χ0n) is 25.7. The Balaban J connectivity index is 1.48. The number of benzene rings is 4. The summed E-state index contributed by atoms with van der Waals surface area (Å²) in [7, 11) is -5.82. The van der Waals surface area contributed by atoms with Gasteiger partial charge in [0, 0.05) is 17.0 Å². The van der Waals surface area contributed by atoms with Crippen molar-refractivity contribution in [1.82, 2.24) is 0 Å². The van der Waals surface area contributed by atoms with Crippen LogP contribution >= 0.6 is 0 Å². The van der Waals surface area contributed by atoms with E-state index in [2.05, 4.69) is 0 Å². The second-order valence-electron chi connectivity index (χ2n) is 11.6. The largest absolute Gasteiger partial charge is 0.493 e. The van der Waals surface area contributed by atoms with Crippen molar-refractivity contribution in [3.63, 3.8) is 0 Å². The molecule has 2 aliphatic rings. The van der Waals surface area contributed by atoms with Gasteiger partial charge in [-0.2, -0.15) is 3.71 Å². The van der Waals surface area contributed by atoms with Gasteiger partial charge in [0.05, 0.1) is 41.5 Å². The first-order chi connectivity index (χ1) is 21.5. The second-order valence-corrected chi connectivity index (χ2v) is 15.4. The molecule has 0 saturated heterocycles. The van der Waals surface area contributed by atoms with Crippen LogP contribution in [-0.4, -0.2) is 42.8 Å². The van der Waals surface area contributed by atoms with E-state index in [1.165, 1.54) is 36.4 Å². The van der Waals surface area contributed by atoms with Gasteiger partial charge >= 0.3 is 0 Å². The third-order valence-corrected chi connectivity index (χ3v) is 12.9. The minimum atomic E-state index is -4.52. The summed E-state index contributed by atoms with van der Waals surface area (Å²) in [5, 5.41) is 0. The highest BCUT2D eigenvalue weighted by Crippen LogP contribution is 2.45. The molecule has 0 amide bonds. The molecule has 0 aromatic heterocycles. The number of rotatable bonds is 8. The van der Waals surface area contributed by atoms with Crippen LogP contribution in [0.25, 0.3) is 0 Å². The Hall–Kier alpha value is -4.15. The molecule has 0 unspecified atom stereocenters. The molecule has 10 heteroatoms. The maximum atomic E-state index is 14.1. The monoisotopic (exact) mass is 644 g/mol. The number of sulfonamides is 2. The average molecular weight is 645 g/mol. The first kappa shape index (κ1) is 30.9. The van der Waals surface area contributed by atoms with Gasteiger partial charge in [-0.25, -0.2) is 16.8 Å². The summed E-state index contributed by atoms with van der Waals surface area (Å²) in [6, 6.07) is 22.9. The molecule has 1 fully saturated rings. The van der Waals surface area contributed by atoms with Crippen LogP contribution in [0.5, 0.6) is 11.5 Å². The van der Waals surface area contributed by atoms with Crippen molar-refractivity contribution in [3.8, 4) is 11.5 Å². The van der Waals surface area contributed by atoms with Crippen LogP contribution in [0.15, 0.2) is 99.7 Å². The van der Waals surface area contributed by atoms with Crippen molar-refractivity contribution in [2.75, 3.05) is 17.9 Å². The van der Waals surface area contributed by atoms with E-state index in [1.807, 2.05) is 26.0 Å². The van der Waals surface area contributed by atoms with E-state index in [1.54, 1.807) is 50.6 Å². The van der Waals surface area contributed by atoms with Gasteiger partial charge in [0.25, 0.3) is 20.0 Å². The molecular weight excluding hydrogens is 609 g/mol. The molecule has 0 N–H and O–H groups in total. The van der Waals surface area contributed by atoms with E-state index >= 15 is 0 Å². The first-order valence-corrected chi connectivity index (χ1v) is 17.8. The van der Waals surface area contributed by atoms with E-state index < -0.39 is 20.0 Å². The van der Waals surface area contributed by atoms with Gasteiger partial charge in [0.1, 0.15) is 0 Å². The molecule has 45 heavy (non-hydrogen) atoms. The Bertz CT molecular complexity index is 1890. The number of aliphatic imine (C=N–C) groups is 1. The van der Waals surface area contributed by atoms with E-state index in [0.29, 0.717) is 15.2 Å². The van der Waals surface area contributed by atoms with Gasteiger partial charge in [-0.15, -0.1) is 0 Å². The summed E-state index contributed by atoms with van der Waals surface area (Å²) in [4.78, 5) is 4.96. The summed E-state index contributed by atoms with van der Waals surface area (Å²) in [6.45, 7) is 3.67. The molecule has 0 spiro atoms. The molecule has 1 aliphatic carbocycles. The highest BCUT2D eigenvalue weighted by atomic mass is 32.3. The van der Waals surface area contributed by atoms with Gasteiger partial charge in [0.15, 0.2) is 11.5 Å². The number of ether oxygens (including phenoxy) is 2. The van der Waals surface area contributed by atoms with Crippen molar-refractivity contribution >= 4 is 31.4 Å². The van der Waals surface area contributed by atoms with Crippen LogP contribution in [-0.2, 0) is 20.0 Å². The summed E-state index contributed by atoms with van der Waals surface area (Å²) in [5.74, 6) is 1.52. The maximum absolute atomic E-state index is 14.1. The number of hydrogen-bond acceptors (Lipinski definition) is 7. The lowest BCUT2D eigenvalue weighted by molar-refractivity contribution is 0.349. The first-order valence-electron chi connectivity index (χ1n) is 14.9. The summed E-state index contributed by atoms with van der Waals surface area (Å²) >= 11 is 0. The predicted octanol–water partition coefficient (Wildman–Crippen LogP) is 6.78. The molecule has 6 rings (SSSR count). The number of fused-ring (bicyclic) bond motifs is 3. The number of methoxy groups -OCH3 is 2. The smallest absolute Gasteiger partial charge is 0.277 e. The molecule has 8 nitrogen and oxygen atoms in total. The molecule has 2 atom stereocenters. The topological polar surface area (TPSA) is 102 Å². The third-order valence-electron chi connectivity index (χ3n) is 8.66. The standard InChI is InChI=1S/C35H36N2O6S2/c1-23-9-17-27(18-10-23)44(38,39)37(45(40,41)28-19-11-24(2)12-20-28)26-15-13-25(14-16-26)35-31-22-34(43-4)33(42-3)21-30(31)29-7-5-6-8-32(29)36-35/h9-22,29,32H,5-8H2,1-4H3/t29-,32-/m0/s1. The summed E-state index contributed by atoms with van der Waals surface area (Å²) in [5.41, 5.74) is 5.30. The maximum Gasteiger partial charge on any atom is 0.277 e. The van der Waals surface area contributed by atoms with Crippen LogP contribution in [0.2, 0.25) is 0 Å². The number of hydrogen-bond donors (Lipinski definition) is 0. The van der Waals surface area contributed by atoms with E-state index in [9.17, 15) is 16.8 Å². The molecular formula is C35H36N2O6S2. The molecule has 234 valence electrons. The summed E-state index contributed by atoms with van der Waals surface area (Å²) < 4.78 is 68.1. The molecule has 4 aromatic carbocycles. The lowest BCUT2D eigenvalue weighted by Crippen LogP contribution is -2.37. The molecule has 0 bridgehead atoms. The Morgan fingerprint density at radius 3 is 1.73 bits per heavy atom. The van der Waals surface area contributed by atoms with Gasteiger partial charge in [0.2, 0.25) is 0 Å². The van der Waals surface area contributed by atoms with Crippen LogP contribution in [0.3, 0.4) is 0 Å². The van der Waals surface area contributed by atoms with Gasteiger partial charge in [-0.05, 0) is 80.8 Å². The Morgan fingerprint density at radius 1 is 0.689 bits per heavy atom. The van der Waals surface area contributed by atoms with Crippen molar-refractivity contribution in [1.29, 1.82) is 0 Å². The number of anilines is 1. The minimum absolute atomic E-state index is 0.000567. The van der Waals surface area contributed by atoms with Gasteiger partial charge in [-0.3, -0.25) is 4.99 Å². The lowest BCUT2D eigenvalue weighted by atomic mass is 9.75. The van der Waals surface area contributed by atoms with Crippen molar-refractivity contribution < 1.29 is 26.3 Å². The zero-order chi connectivity index (χ0) is 31.9. The fourth-order valence-electron chi connectivity index (χ4n) is 6.26. The molecule has 1 heterocycles. The van der Waals surface area contributed by atoms with Crippen LogP contribution in [0.1, 0.15) is 59.4 Å². The van der Waals surface area contributed by atoms with Crippen molar-refractivity contribution in [3.05, 3.63) is 113 Å². The van der Waals surface area contributed by atoms with Crippen LogP contribution in [0.4, 0.5) is 5.69 Å². The van der Waals surface area contributed by atoms with Crippen LogP contribution < -0.4 is 13.2 Å². The fourth-order valence-corrected chi connectivity index (χ4v) is 9.95. The zero-order valence-corrected chi connectivity index (χ0v) is 27.4. The van der Waals surface area contributed by atoms with Crippen LogP contribution in [0, 0.1) is 13.8 Å². The fraction of sp³-hybridized carbons (Fsp3) is 0.286. The van der Waals surface area contributed by atoms with E-state index in [-0.39, 0.29) is 27.4 Å². The second kappa shape index (κ2) is 12.0.